The normalized spacial score (nSPS) is 10.2. The van der Waals surface area contributed by atoms with E-state index in [1.54, 1.807) is 11.0 Å². The molecule has 2 amide bonds. The van der Waals surface area contributed by atoms with Gasteiger partial charge in [0.2, 0.25) is 5.91 Å². The average molecular weight is 340 g/mol. The van der Waals surface area contributed by atoms with Crippen molar-refractivity contribution in [2.75, 3.05) is 24.6 Å². The van der Waals surface area contributed by atoms with Crippen molar-refractivity contribution in [3.05, 3.63) is 59.7 Å². The van der Waals surface area contributed by atoms with Gasteiger partial charge in [-0.05, 0) is 37.6 Å². The van der Waals surface area contributed by atoms with Crippen LogP contribution >= 0.6 is 0 Å². The number of nitrogens with one attached hydrogen (secondary N) is 1. The summed E-state index contributed by atoms with van der Waals surface area (Å²) in [5.74, 6) is 0.419. The lowest BCUT2D eigenvalue weighted by molar-refractivity contribution is -0.116. The summed E-state index contributed by atoms with van der Waals surface area (Å²) in [6, 6.07) is 14.8. The Bertz CT molecular complexity index is 743. The maximum Gasteiger partial charge on any atom is 0.251 e. The highest BCUT2D eigenvalue weighted by Gasteiger charge is 2.16. The van der Waals surface area contributed by atoms with Gasteiger partial charge in [0.1, 0.15) is 5.75 Å². The molecule has 0 aromatic heterocycles. The molecule has 1 N–H and O–H groups in total. The molecule has 5 heteroatoms. The van der Waals surface area contributed by atoms with Gasteiger partial charge in [0.15, 0.2) is 0 Å². The van der Waals surface area contributed by atoms with Crippen LogP contribution in [0.4, 0.5) is 5.69 Å². The summed E-state index contributed by atoms with van der Waals surface area (Å²) in [5.41, 5.74) is 2.28. The van der Waals surface area contributed by atoms with Gasteiger partial charge in [-0.25, -0.2) is 0 Å². The SMILES string of the molecule is CCOc1ccccc1N(CCNC(=O)c1ccccc1C)C(C)=O. The van der Waals surface area contributed by atoms with E-state index in [2.05, 4.69) is 5.32 Å². The summed E-state index contributed by atoms with van der Waals surface area (Å²) >= 11 is 0. The maximum atomic E-state index is 12.3. The molecule has 132 valence electrons. The topological polar surface area (TPSA) is 58.6 Å². The van der Waals surface area contributed by atoms with Crippen molar-refractivity contribution >= 4 is 17.5 Å². The predicted molar refractivity (Wildman–Crippen MR) is 99.2 cm³/mol. The summed E-state index contributed by atoms with van der Waals surface area (Å²) in [4.78, 5) is 26.0. The Morgan fingerprint density at radius 3 is 2.44 bits per heavy atom. The third-order valence-electron chi connectivity index (χ3n) is 3.85. The van der Waals surface area contributed by atoms with Crippen LogP contribution in [0.5, 0.6) is 5.75 Å². The number of benzene rings is 2. The zero-order chi connectivity index (χ0) is 18.2. The molecule has 2 aromatic rings. The monoisotopic (exact) mass is 340 g/mol. The van der Waals surface area contributed by atoms with Crippen LogP contribution in [-0.4, -0.2) is 31.5 Å². The van der Waals surface area contributed by atoms with Gasteiger partial charge < -0.3 is 15.0 Å². The Hall–Kier alpha value is -2.82. The van der Waals surface area contributed by atoms with Gasteiger partial charge in [-0.1, -0.05) is 30.3 Å². The number of ether oxygens (including phenoxy) is 1. The quantitative estimate of drug-likeness (QED) is 0.842. The molecular formula is C20H24N2O3. The lowest BCUT2D eigenvalue weighted by atomic mass is 10.1. The van der Waals surface area contributed by atoms with E-state index in [4.69, 9.17) is 4.74 Å². The molecule has 25 heavy (non-hydrogen) atoms. The second-order valence-electron chi connectivity index (χ2n) is 5.64. The second kappa shape index (κ2) is 8.87. The van der Waals surface area contributed by atoms with E-state index in [-0.39, 0.29) is 11.8 Å². The van der Waals surface area contributed by atoms with E-state index in [9.17, 15) is 9.59 Å². The smallest absolute Gasteiger partial charge is 0.251 e. The zero-order valence-corrected chi connectivity index (χ0v) is 14.9. The molecule has 0 heterocycles. The Balaban J connectivity index is 2.05. The van der Waals surface area contributed by atoms with Crippen molar-refractivity contribution in [2.24, 2.45) is 0 Å². The van der Waals surface area contributed by atoms with Gasteiger partial charge in [0.05, 0.1) is 12.3 Å². The van der Waals surface area contributed by atoms with E-state index < -0.39 is 0 Å². The fourth-order valence-corrected chi connectivity index (χ4v) is 2.61. The van der Waals surface area contributed by atoms with E-state index in [0.717, 1.165) is 5.56 Å². The number of para-hydroxylation sites is 2. The first-order valence-corrected chi connectivity index (χ1v) is 8.38. The van der Waals surface area contributed by atoms with Gasteiger partial charge in [-0.2, -0.15) is 0 Å². The molecule has 0 atom stereocenters. The molecule has 0 unspecified atom stereocenters. The third kappa shape index (κ3) is 4.83. The molecule has 2 aromatic carbocycles. The van der Waals surface area contributed by atoms with E-state index in [0.29, 0.717) is 36.7 Å². The van der Waals surface area contributed by atoms with Gasteiger partial charge in [-0.3, -0.25) is 9.59 Å². The Kier molecular flexibility index (Phi) is 6.57. The van der Waals surface area contributed by atoms with Crippen LogP contribution in [0.25, 0.3) is 0 Å². The lowest BCUT2D eigenvalue weighted by Gasteiger charge is -2.24. The van der Waals surface area contributed by atoms with Crippen molar-refractivity contribution in [3.63, 3.8) is 0 Å². The molecule has 2 rings (SSSR count). The number of anilines is 1. The molecule has 0 aliphatic carbocycles. The number of carbonyl (C=O) groups is 2. The van der Waals surface area contributed by atoms with Gasteiger partial charge >= 0.3 is 0 Å². The number of hydrogen-bond donors (Lipinski definition) is 1. The number of hydrogen-bond acceptors (Lipinski definition) is 3. The minimum atomic E-state index is -0.139. The minimum absolute atomic E-state index is 0.0997. The molecular weight excluding hydrogens is 316 g/mol. The highest BCUT2D eigenvalue weighted by Crippen LogP contribution is 2.27. The summed E-state index contributed by atoms with van der Waals surface area (Å²) < 4.78 is 5.60. The third-order valence-corrected chi connectivity index (χ3v) is 3.85. The number of nitrogens with zero attached hydrogens (tertiary/aromatic N) is 1. The molecule has 0 fully saturated rings. The van der Waals surface area contributed by atoms with Crippen LogP contribution in [0.2, 0.25) is 0 Å². The first-order chi connectivity index (χ1) is 12.0. The highest BCUT2D eigenvalue weighted by atomic mass is 16.5. The van der Waals surface area contributed by atoms with Crippen LogP contribution in [0, 0.1) is 6.92 Å². The second-order valence-corrected chi connectivity index (χ2v) is 5.64. The fourth-order valence-electron chi connectivity index (χ4n) is 2.61. The molecule has 0 aliphatic rings. The van der Waals surface area contributed by atoms with Gasteiger partial charge in [0.25, 0.3) is 5.91 Å². The summed E-state index contributed by atoms with van der Waals surface area (Å²) in [5, 5.41) is 2.87. The molecule has 0 saturated heterocycles. The largest absolute Gasteiger partial charge is 0.492 e. The molecule has 0 aliphatic heterocycles. The molecule has 0 saturated carbocycles. The lowest BCUT2D eigenvalue weighted by Crippen LogP contribution is -2.38. The highest BCUT2D eigenvalue weighted by molar-refractivity contribution is 5.96. The van der Waals surface area contributed by atoms with E-state index in [1.807, 2.05) is 56.3 Å². The molecule has 5 nitrogen and oxygen atoms in total. The Morgan fingerprint density at radius 2 is 1.76 bits per heavy atom. The van der Waals surface area contributed by atoms with Crippen molar-refractivity contribution in [1.82, 2.24) is 5.32 Å². The van der Waals surface area contributed by atoms with E-state index >= 15 is 0 Å². The Labute approximate surface area is 148 Å². The van der Waals surface area contributed by atoms with Crippen LogP contribution in [0.1, 0.15) is 29.8 Å². The summed E-state index contributed by atoms with van der Waals surface area (Å²) in [6.45, 7) is 6.55. The Morgan fingerprint density at radius 1 is 1.08 bits per heavy atom. The summed E-state index contributed by atoms with van der Waals surface area (Å²) in [7, 11) is 0. The minimum Gasteiger partial charge on any atom is -0.492 e. The van der Waals surface area contributed by atoms with Crippen LogP contribution in [0.15, 0.2) is 48.5 Å². The standard InChI is InChI=1S/C20H24N2O3/c1-4-25-19-12-8-7-11-18(19)22(16(3)23)14-13-21-20(24)17-10-6-5-9-15(17)2/h5-12H,4,13-14H2,1-3H3,(H,21,24). The number of rotatable bonds is 7. The van der Waals surface area contributed by atoms with Crippen molar-refractivity contribution in [2.45, 2.75) is 20.8 Å². The molecule has 0 bridgehead atoms. The van der Waals surface area contributed by atoms with Crippen molar-refractivity contribution < 1.29 is 14.3 Å². The zero-order valence-electron chi connectivity index (χ0n) is 14.9. The number of carbonyl (C=O) groups excluding carboxylic acids is 2. The average Bonchev–Trinajstić information content (AvgIpc) is 2.60. The van der Waals surface area contributed by atoms with E-state index in [1.165, 1.54) is 6.92 Å². The van der Waals surface area contributed by atoms with Crippen molar-refractivity contribution in [3.8, 4) is 5.75 Å². The first-order valence-electron chi connectivity index (χ1n) is 8.38. The molecule has 0 radical (unpaired) electrons. The first kappa shape index (κ1) is 18.5. The van der Waals surface area contributed by atoms with Crippen molar-refractivity contribution in [1.29, 1.82) is 0 Å². The maximum absolute atomic E-state index is 12.3. The van der Waals surface area contributed by atoms with Gasteiger partial charge in [0, 0.05) is 25.6 Å². The fraction of sp³-hybridized carbons (Fsp3) is 0.300. The molecule has 0 spiro atoms. The number of amides is 2. The van der Waals surface area contributed by atoms with Gasteiger partial charge in [-0.15, -0.1) is 0 Å². The summed E-state index contributed by atoms with van der Waals surface area (Å²) in [6.07, 6.45) is 0. The van der Waals surface area contributed by atoms with Crippen LogP contribution in [0.3, 0.4) is 0 Å². The predicted octanol–water partition coefficient (Wildman–Crippen LogP) is 3.18. The van der Waals surface area contributed by atoms with Crippen LogP contribution < -0.4 is 15.0 Å². The van der Waals surface area contributed by atoms with Crippen LogP contribution in [-0.2, 0) is 4.79 Å². The number of aryl methyl sites for hydroxylation is 1.